The molecular weight excluding hydrogens is 452 g/mol. The Morgan fingerprint density at radius 2 is 1.80 bits per heavy atom. The van der Waals surface area contributed by atoms with Crippen LogP contribution in [0.5, 0.6) is 17.2 Å². The van der Waals surface area contributed by atoms with Gasteiger partial charge in [-0.2, -0.15) is 5.10 Å². The Morgan fingerprint density at radius 1 is 1.10 bits per heavy atom. The van der Waals surface area contributed by atoms with Gasteiger partial charge in [0, 0.05) is 23.5 Å². The Bertz CT molecular complexity index is 1030. The molecule has 3 aromatic rings. The molecular formula is C21H23BrN4O4. The van der Waals surface area contributed by atoms with Gasteiger partial charge in [0.25, 0.3) is 0 Å². The Morgan fingerprint density at radius 3 is 2.37 bits per heavy atom. The van der Waals surface area contributed by atoms with Gasteiger partial charge < -0.3 is 24.8 Å². The lowest BCUT2D eigenvalue weighted by Gasteiger charge is -2.14. The number of carbonyl (C=O) groups is 1. The second-order valence-electron chi connectivity index (χ2n) is 6.43. The van der Waals surface area contributed by atoms with Crippen molar-refractivity contribution in [3.8, 4) is 28.5 Å². The van der Waals surface area contributed by atoms with E-state index in [1.165, 1.54) is 0 Å². The van der Waals surface area contributed by atoms with E-state index in [1.54, 1.807) is 33.5 Å². The van der Waals surface area contributed by atoms with E-state index >= 15 is 0 Å². The van der Waals surface area contributed by atoms with E-state index in [4.69, 9.17) is 14.2 Å². The molecule has 0 fully saturated rings. The SMILES string of the molecule is COc1cc(CNC(=O)Nc2cccc(-c3n[nH]c(C)c3Br)c2)cc(OC)c1OC. The van der Waals surface area contributed by atoms with Crippen molar-refractivity contribution in [1.29, 1.82) is 0 Å². The van der Waals surface area contributed by atoms with E-state index in [-0.39, 0.29) is 12.6 Å². The molecule has 0 radical (unpaired) electrons. The number of aryl methyl sites for hydroxylation is 1. The minimum atomic E-state index is -0.335. The van der Waals surface area contributed by atoms with Crippen molar-refractivity contribution in [2.24, 2.45) is 0 Å². The maximum atomic E-state index is 12.4. The van der Waals surface area contributed by atoms with Crippen LogP contribution in [0.15, 0.2) is 40.9 Å². The first-order valence-electron chi connectivity index (χ1n) is 9.11. The molecule has 9 heteroatoms. The summed E-state index contributed by atoms with van der Waals surface area (Å²) in [7, 11) is 4.64. The number of rotatable bonds is 7. The van der Waals surface area contributed by atoms with Crippen LogP contribution in [-0.2, 0) is 6.54 Å². The lowest BCUT2D eigenvalue weighted by Crippen LogP contribution is -2.28. The van der Waals surface area contributed by atoms with Crippen LogP contribution in [0, 0.1) is 6.92 Å². The zero-order chi connectivity index (χ0) is 21.7. The predicted octanol–water partition coefficient (Wildman–Crippen LogP) is 4.50. The number of carbonyl (C=O) groups excluding carboxylic acids is 1. The number of anilines is 1. The normalized spacial score (nSPS) is 10.4. The van der Waals surface area contributed by atoms with Gasteiger partial charge in [-0.3, -0.25) is 5.10 Å². The summed E-state index contributed by atoms with van der Waals surface area (Å²) < 4.78 is 16.9. The Labute approximate surface area is 183 Å². The number of benzene rings is 2. The molecule has 3 rings (SSSR count). The number of methoxy groups -OCH3 is 3. The molecule has 8 nitrogen and oxygen atoms in total. The van der Waals surface area contributed by atoms with Crippen LogP contribution in [0.4, 0.5) is 10.5 Å². The minimum absolute atomic E-state index is 0.284. The molecule has 3 N–H and O–H groups in total. The number of nitrogens with zero attached hydrogens (tertiary/aromatic N) is 1. The number of halogens is 1. The topological polar surface area (TPSA) is 97.5 Å². The van der Waals surface area contributed by atoms with E-state index in [1.807, 2.05) is 31.2 Å². The number of H-pyrrole nitrogens is 1. The quantitative estimate of drug-likeness (QED) is 0.468. The predicted molar refractivity (Wildman–Crippen MR) is 118 cm³/mol. The summed E-state index contributed by atoms with van der Waals surface area (Å²) in [5, 5.41) is 12.9. The zero-order valence-electron chi connectivity index (χ0n) is 17.1. The van der Waals surface area contributed by atoms with Crippen LogP contribution >= 0.6 is 15.9 Å². The number of hydrogen-bond acceptors (Lipinski definition) is 5. The summed E-state index contributed by atoms with van der Waals surface area (Å²) >= 11 is 3.52. The summed E-state index contributed by atoms with van der Waals surface area (Å²) in [5.74, 6) is 1.56. The van der Waals surface area contributed by atoms with Crippen molar-refractivity contribution >= 4 is 27.6 Å². The fourth-order valence-electron chi connectivity index (χ4n) is 2.95. The number of amides is 2. The molecule has 0 bridgehead atoms. The molecule has 158 valence electrons. The molecule has 1 aromatic heterocycles. The van der Waals surface area contributed by atoms with Gasteiger partial charge in [-0.25, -0.2) is 4.79 Å². The van der Waals surface area contributed by atoms with Crippen molar-refractivity contribution in [2.45, 2.75) is 13.5 Å². The number of urea groups is 1. The van der Waals surface area contributed by atoms with E-state index in [9.17, 15) is 4.79 Å². The molecule has 0 aliphatic carbocycles. The molecule has 1 heterocycles. The molecule has 0 saturated carbocycles. The highest BCUT2D eigenvalue weighted by Crippen LogP contribution is 2.38. The molecule has 2 aromatic carbocycles. The Balaban J connectivity index is 1.68. The van der Waals surface area contributed by atoms with Gasteiger partial charge >= 0.3 is 6.03 Å². The third kappa shape index (κ3) is 4.68. The minimum Gasteiger partial charge on any atom is -0.493 e. The summed E-state index contributed by atoms with van der Waals surface area (Å²) in [6, 6.07) is 10.7. The standard InChI is InChI=1S/C21H23BrN4O4/c1-12-18(22)19(26-25-12)14-6-5-7-15(10-14)24-21(27)23-11-13-8-16(28-2)20(30-4)17(9-13)29-3/h5-10H,11H2,1-4H3,(H,25,26)(H2,23,24,27). The largest absolute Gasteiger partial charge is 0.493 e. The second kappa shape index (κ2) is 9.53. The van der Waals surface area contributed by atoms with Gasteiger partial charge in [0.05, 0.1) is 25.8 Å². The van der Waals surface area contributed by atoms with Gasteiger partial charge in [-0.1, -0.05) is 12.1 Å². The third-order valence-electron chi connectivity index (χ3n) is 4.44. The zero-order valence-corrected chi connectivity index (χ0v) is 18.7. The Hall–Kier alpha value is -3.20. The number of ether oxygens (including phenoxy) is 3. The van der Waals surface area contributed by atoms with Gasteiger partial charge in [0.2, 0.25) is 5.75 Å². The first-order chi connectivity index (χ1) is 14.5. The smallest absolute Gasteiger partial charge is 0.319 e. The molecule has 2 amide bonds. The molecule has 0 saturated heterocycles. The van der Waals surface area contributed by atoms with Gasteiger partial charge in [0.15, 0.2) is 11.5 Å². The van der Waals surface area contributed by atoms with E-state index in [2.05, 4.69) is 36.8 Å². The van der Waals surface area contributed by atoms with E-state index in [0.717, 1.165) is 27.0 Å². The highest BCUT2D eigenvalue weighted by Gasteiger charge is 2.14. The van der Waals surface area contributed by atoms with Gasteiger partial charge in [-0.05, 0) is 52.7 Å². The van der Waals surface area contributed by atoms with Crippen LogP contribution in [0.2, 0.25) is 0 Å². The highest BCUT2D eigenvalue weighted by atomic mass is 79.9. The monoisotopic (exact) mass is 474 g/mol. The van der Waals surface area contributed by atoms with Crippen molar-refractivity contribution in [3.63, 3.8) is 0 Å². The summed E-state index contributed by atoms with van der Waals surface area (Å²) in [6.07, 6.45) is 0. The molecule has 0 aliphatic heterocycles. The molecule has 30 heavy (non-hydrogen) atoms. The molecule has 0 aliphatic rings. The molecule has 0 atom stereocenters. The van der Waals surface area contributed by atoms with Crippen LogP contribution < -0.4 is 24.8 Å². The van der Waals surface area contributed by atoms with Crippen molar-refractivity contribution < 1.29 is 19.0 Å². The van der Waals surface area contributed by atoms with Crippen molar-refractivity contribution in [2.75, 3.05) is 26.6 Å². The fraction of sp³-hybridized carbons (Fsp3) is 0.238. The first-order valence-corrected chi connectivity index (χ1v) is 9.90. The fourth-order valence-corrected chi connectivity index (χ4v) is 3.35. The number of nitrogens with one attached hydrogen (secondary N) is 3. The van der Waals surface area contributed by atoms with Crippen LogP contribution in [0.3, 0.4) is 0 Å². The average Bonchev–Trinajstić information content (AvgIpc) is 3.09. The Kier molecular flexibility index (Phi) is 6.83. The summed E-state index contributed by atoms with van der Waals surface area (Å²) in [4.78, 5) is 12.4. The van der Waals surface area contributed by atoms with Crippen molar-refractivity contribution in [3.05, 3.63) is 52.1 Å². The average molecular weight is 475 g/mol. The van der Waals surface area contributed by atoms with Gasteiger partial charge in [-0.15, -0.1) is 0 Å². The van der Waals surface area contributed by atoms with Crippen LogP contribution in [0.25, 0.3) is 11.3 Å². The number of hydrogen-bond donors (Lipinski definition) is 3. The number of aromatic nitrogens is 2. The maximum absolute atomic E-state index is 12.4. The van der Waals surface area contributed by atoms with Crippen molar-refractivity contribution in [1.82, 2.24) is 15.5 Å². The molecule has 0 spiro atoms. The van der Waals surface area contributed by atoms with Crippen LogP contribution in [0.1, 0.15) is 11.3 Å². The van der Waals surface area contributed by atoms with Crippen LogP contribution in [-0.4, -0.2) is 37.6 Å². The highest BCUT2D eigenvalue weighted by molar-refractivity contribution is 9.10. The summed E-state index contributed by atoms with van der Waals surface area (Å²) in [5.41, 5.74) is 4.07. The lowest BCUT2D eigenvalue weighted by molar-refractivity contribution is 0.251. The maximum Gasteiger partial charge on any atom is 0.319 e. The second-order valence-corrected chi connectivity index (χ2v) is 7.23. The lowest BCUT2D eigenvalue weighted by atomic mass is 10.1. The van der Waals surface area contributed by atoms with E-state index < -0.39 is 0 Å². The van der Waals surface area contributed by atoms with E-state index in [0.29, 0.717) is 22.9 Å². The molecule has 0 unspecified atom stereocenters. The third-order valence-corrected chi connectivity index (χ3v) is 5.41. The van der Waals surface area contributed by atoms with Gasteiger partial charge in [0.1, 0.15) is 5.69 Å². The summed E-state index contributed by atoms with van der Waals surface area (Å²) in [6.45, 7) is 2.21. The number of aromatic amines is 1. The first kappa shape index (κ1) is 21.5.